The van der Waals surface area contributed by atoms with Crippen LogP contribution in [0.25, 0.3) is 0 Å². The fraction of sp³-hybridized carbons (Fsp3) is 0.444. The predicted molar refractivity (Wildman–Crippen MR) is 98.3 cm³/mol. The maximum atomic E-state index is 12.2. The van der Waals surface area contributed by atoms with Crippen molar-refractivity contribution < 1.29 is 14.3 Å². The summed E-state index contributed by atoms with van der Waals surface area (Å²) in [6.45, 7) is 4.65. The highest BCUT2D eigenvalue weighted by Crippen LogP contribution is 2.16. The highest BCUT2D eigenvalue weighted by molar-refractivity contribution is 7.15. The number of aromatic nitrogens is 2. The summed E-state index contributed by atoms with van der Waals surface area (Å²) in [6, 6.07) is 7.07. The first-order chi connectivity index (χ1) is 12.1. The number of anilines is 1. The van der Waals surface area contributed by atoms with E-state index >= 15 is 0 Å². The minimum Gasteiger partial charge on any atom is -0.494 e. The lowest BCUT2D eigenvalue weighted by atomic mass is 10.1. The summed E-state index contributed by atoms with van der Waals surface area (Å²) in [5, 5.41) is 11.5. The number of benzene rings is 1. The molecule has 25 heavy (non-hydrogen) atoms. The third-order valence-corrected chi connectivity index (χ3v) is 4.30. The Hall–Kier alpha value is -2.28. The first-order valence-electron chi connectivity index (χ1n) is 8.44. The Balaban J connectivity index is 1.75. The zero-order chi connectivity index (χ0) is 18.1. The molecule has 0 aliphatic carbocycles. The van der Waals surface area contributed by atoms with E-state index in [1.165, 1.54) is 11.3 Å². The van der Waals surface area contributed by atoms with Gasteiger partial charge in [-0.1, -0.05) is 31.1 Å². The zero-order valence-corrected chi connectivity index (χ0v) is 15.4. The molecule has 6 nitrogen and oxygen atoms in total. The van der Waals surface area contributed by atoms with Crippen LogP contribution < -0.4 is 10.1 Å². The van der Waals surface area contributed by atoms with Crippen LogP contribution in [0.5, 0.6) is 5.75 Å². The van der Waals surface area contributed by atoms with Gasteiger partial charge in [0.2, 0.25) is 11.0 Å². The number of aryl methyl sites for hydroxylation is 1. The Bertz CT molecular complexity index is 698. The average molecular weight is 361 g/mol. The smallest absolute Gasteiger partial charge is 0.226 e. The molecule has 0 aliphatic rings. The average Bonchev–Trinajstić information content (AvgIpc) is 3.02. The number of amides is 1. The third kappa shape index (κ3) is 6.62. The topological polar surface area (TPSA) is 81.2 Å². The monoisotopic (exact) mass is 361 g/mol. The number of ether oxygens (including phenoxy) is 1. The summed E-state index contributed by atoms with van der Waals surface area (Å²) in [5.41, 5.74) is 0.584. The lowest BCUT2D eigenvalue weighted by molar-refractivity contribution is -0.116. The van der Waals surface area contributed by atoms with Crippen molar-refractivity contribution in [1.29, 1.82) is 0 Å². The second-order valence-corrected chi connectivity index (χ2v) is 6.86. The molecule has 0 saturated heterocycles. The van der Waals surface area contributed by atoms with Crippen LogP contribution in [0.1, 0.15) is 54.4 Å². The van der Waals surface area contributed by atoms with E-state index in [1.54, 1.807) is 24.3 Å². The van der Waals surface area contributed by atoms with Crippen molar-refractivity contribution >= 4 is 28.2 Å². The molecular formula is C18H23N3O3S. The Kier molecular flexibility index (Phi) is 7.53. The van der Waals surface area contributed by atoms with Crippen molar-refractivity contribution in [3.8, 4) is 5.75 Å². The molecule has 0 spiro atoms. The van der Waals surface area contributed by atoms with Gasteiger partial charge in [0, 0.05) is 18.4 Å². The van der Waals surface area contributed by atoms with Crippen LogP contribution in [0, 0.1) is 6.92 Å². The van der Waals surface area contributed by atoms with Crippen molar-refractivity contribution in [2.24, 2.45) is 0 Å². The van der Waals surface area contributed by atoms with Crippen molar-refractivity contribution in [2.75, 3.05) is 11.9 Å². The second-order valence-electron chi connectivity index (χ2n) is 5.68. The standard InChI is InChI=1S/C18H23N3O3S/c1-3-4-5-12-24-15-8-6-14(7-9-15)16(22)10-11-17(23)19-18-21-20-13(2)25-18/h6-9H,3-5,10-12H2,1-2H3,(H,19,21,23). The molecule has 1 aromatic carbocycles. The minimum absolute atomic E-state index is 0.0684. The van der Waals surface area contributed by atoms with Crippen molar-refractivity contribution in [3.05, 3.63) is 34.8 Å². The number of ketones is 1. The Morgan fingerprint density at radius 3 is 2.52 bits per heavy atom. The first-order valence-corrected chi connectivity index (χ1v) is 9.26. The van der Waals surface area contributed by atoms with Crippen molar-refractivity contribution in [2.45, 2.75) is 46.0 Å². The molecule has 1 amide bonds. The van der Waals surface area contributed by atoms with Crippen molar-refractivity contribution in [1.82, 2.24) is 10.2 Å². The summed E-state index contributed by atoms with van der Waals surface area (Å²) >= 11 is 1.30. The number of nitrogens with one attached hydrogen (secondary N) is 1. The van der Waals surface area contributed by atoms with E-state index in [-0.39, 0.29) is 24.5 Å². The van der Waals surface area contributed by atoms with E-state index in [0.29, 0.717) is 17.3 Å². The van der Waals surface area contributed by atoms with E-state index in [9.17, 15) is 9.59 Å². The zero-order valence-electron chi connectivity index (χ0n) is 14.6. The number of hydrogen-bond acceptors (Lipinski definition) is 6. The fourth-order valence-electron chi connectivity index (χ4n) is 2.18. The molecule has 0 radical (unpaired) electrons. The van der Waals surface area contributed by atoms with Gasteiger partial charge in [-0.05, 0) is 37.6 Å². The van der Waals surface area contributed by atoms with E-state index in [4.69, 9.17) is 4.74 Å². The number of carbonyl (C=O) groups excluding carboxylic acids is 2. The molecule has 134 valence electrons. The Labute approximate surface area is 151 Å². The molecule has 0 fully saturated rings. The number of Topliss-reactive ketones (excluding diaryl/α,β-unsaturated/α-hetero) is 1. The van der Waals surface area contributed by atoms with Gasteiger partial charge in [-0.2, -0.15) is 0 Å². The lowest BCUT2D eigenvalue weighted by Crippen LogP contribution is -2.13. The van der Waals surface area contributed by atoms with Crippen LogP contribution in [0.3, 0.4) is 0 Å². The number of nitrogens with zero attached hydrogens (tertiary/aromatic N) is 2. The van der Waals surface area contributed by atoms with Gasteiger partial charge in [0.1, 0.15) is 10.8 Å². The minimum atomic E-state index is -0.236. The molecular weight excluding hydrogens is 338 g/mol. The number of unbranched alkanes of at least 4 members (excludes halogenated alkanes) is 2. The van der Waals surface area contributed by atoms with Crippen LogP contribution in [0.4, 0.5) is 5.13 Å². The van der Waals surface area contributed by atoms with Gasteiger partial charge < -0.3 is 10.1 Å². The molecule has 2 rings (SSSR count). The first kappa shape index (κ1) is 19.1. The highest BCUT2D eigenvalue weighted by Gasteiger charge is 2.11. The fourth-order valence-corrected chi connectivity index (χ4v) is 2.79. The Morgan fingerprint density at radius 2 is 1.88 bits per heavy atom. The predicted octanol–water partition coefficient (Wildman–Crippen LogP) is 4.02. The summed E-state index contributed by atoms with van der Waals surface area (Å²) in [7, 11) is 0. The molecule has 0 aliphatic heterocycles. The summed E-state index contributed by atoms with van der Waals surface area (Å²) in [5.74, 6) is 0.457. The summed E-state index contributed by atoms with van der Waals surface area (Å²) in [6.07, 6.45) is 3.60. The SMILES string of the molecule is CCCCCOc1ccc(C(=O)CCC(=O)Nc2nnc(C)s2)cc1. The molecule has 1 heterocycles. The summed E-state index contributed by atoms with van der Waals surface area (Å²) in [4.78, 5) is 24.0. The van der Waals surface area contributed by atoms with Crippen LogP contribution in [-0.4, -0.2) is 28.5 Å². The number of hydrogen-bond donors (Lipinski definition) is 1. The van der Waals surface area contributed by atoms with Gasteiger partial charge in [0.25, 0.3) is 0 Å². The molecule has 1 aromatic heterocycles. The molecule has 0 unspecified atom stereocenters. The van der Waals surface area contributed by atoms with Gasteiger partial charge in [-0.15, -0.1) is 10.2 Å². The number of rotatable bonds is 10. The molecule has 0 saturated carbocycles. The molecule has 0 atom stereocenters. The van der Waals surface area contributed by atoms with Gasteiger partial charge in [0.15, 0.2) is 5.78 Å². The van der Waals surface area contributed by atoms with E-state index in [2.05, 4.69) is 22.4 Å². The second kappa shape index (κ2) is 9.88. The van der Waals surface area contributed by atoms with Crippen LogP contribution >= 0.6 is 11.3 Å². The van der Waals surface area contributed by atoms with Gasteiger partial charge >= 0.3 is 0 Å². The largest absolute Gasteiger partial charge is 0.494 e. The highest BCUT2D eigenvalue weighted by atomic mass is 32.1. The molecule has 7 heteroatoms. The van der Waals surface area contributed by atoms with Gasteiger partial charge in [-0.25, -0.2) is 0 Å². The van der Waals surface area contributed by atoms with E-state index in [0.717, 1.165) is 30.0 Å². The Morgan fingerprint density at radius 1 is 1.12 bits per heavy atom. The molecule has 0 bridgehead atoms. The maximum absolute atomic E-state index is 12.2. The van der Waals surface area contributed by atoms with Crippen LogP contribution in [0.15, 0.2) is 24.3 Å². The summed E-state index contributed by atoms with van der Waals surface area (Å²) < 4.78 is 5.62. The maximum Gasteiger partial charge on any atom is 0.226 e. The quantitative estimate of drug-likeness (QED) is 0.511. The van der Waals surface area contributed by atoms with Crippen LogP contribution in [-0.2, 0) is 4.79 Å². The third-order valence-electron chi connectivity index (χ3n) is 3.54. The van der Waals surface area contributed by atoms with Gasteiger partial charge in [-0.3, -0.25) is 9.59 Å². The normalized spacial score (nSPS) is 10.5. The van der Waals surface area contributed by atoms with Crippen LogP contribution in [0.2, 0.25) is 0 Å². The molecule has 1 N–H and O–H groups in total. The number of carbonyl (C=O) groups is 2. The van der Waals surface area contributed by atoms with Gasteiger partial charge in [0.05, 0.1) is 6.61 Å². The molecule has 2 aromatic rings. The van der Waals surface area contributed by atoms with E-state index in [1.807, 2.05) is 6.92 Å². The lowest BCUT2D eigenvalue weighted by Gasteiger charge is -2.06. The van der Waals surface area contributed by atoms with E-state index < -0.39 is 0 Å². The van der Waals surface area contributed by atoms with Crippen molar-refractivity contribution in [3.63, 3.8) is 0 Å².